The van der Waals surface area contributed by atoms with Crippen LogP contribution in [0.1, 0.15) is 35.7 Å². The second-order valence-electron chi connectivity index (χ2n) is 3.67. The molecular formula is C11H13NO4. The molecular weight excluding hydrogens is 210 g/mol. The first kappa shape index (κ1) is 12.2. The van der Waals surface area contributed by atoms with E-state index < -0.39 is 5.97 Å². The predicted octanol–water partition coefficient (Wildman–Crippen LogP) is 2.70. The van der Waals surface area contributed by atoms with Gasteiger partial charge in [-0.15, -0.1) is 4.91 Å². The zero-order valence-electron chi connectivity index (χ0n) is 9.35. The Hall–Kier alpha value is -1.91. The first-order valence-electron chi connectivity index (χ1n) is 4.79. The summed E-state index contributed by atoms with van der Waals surface area (Å²) in [7, 11) is 1.22. The summed E-state index contributed by atoms with van der Waals surface area (Å²) in [5.74, 6) is -0.917. The topological polar surface area (TPSA) is 76.0 Å². The number of nitrogens with zero attached hydrogens (tertiary/aromatic N) is 1. The monoisotopic (exact) mass is 223 g/mol. The van der Waals surface area contributed by atoms with Crippen LogP contribution in [0, 0.1) is 4.91 Å². The molecule has 16 heavy (non-hydrogen) atoms. The Morgan fingerprint density at radius 2 is 2.06 bits per heavy atom. The minimum Gasteiger partial charge on any atom is -0.507 e. The van der Waals surface area contributed by atoms with Gasteiger partial charge in [0, 0.05) is 6.07 Å². The number of methoxy groups -OCH3 is 1. The molecule has 86 valence electrons. The maximum Gasteiger partial charge on any atom is 0.341 e. The van der Waals surface area contributed by atoms with Crippen LogP contribution in [0.5, 0.6) is 5.75 Å². The smallest absolute Gasteiger partial charge is 0.341 e. The van der Waals surface area contributed by atoms with E-state index in [1.165, 1.54) is 19.2 Å². The average Bonchev–Trinajstić information content (AvgIpc) is 2.27. The molecule has 0 amide bonds. The summed E-state index contributed by atoms with van der Waals surface area (Å²) in [5, 5.41) is 12.3. The SMILES string of the molecule is COC(=O)c1cc(C(C)C)c(N=O)cc1O. The molecule has 0 saturated carbocycles. The van der Waals surface area contributed by atoms with Crippen molar-refractivity contribution in [3.8, 4) is 5.75 Å². The molecule has 5 heteroatoms. The zero-order chi connectivity index (χ0) is 12.3. The van der Waals surface area contributed by atoms with Crippen LogP contribution in [0.2, 0.25) is 0 Å². The molecule has 0 bridgehead atoms. The number of ether oxygens (including phenoxy) is 1. The van der Waals surface area contributed by atoms with Crippen LogP contribution >= 0.6 is 0 Å². The molecule has 1 aromatic carbocycles. The van der Waals surface area contributed by atoms with Crippen molar-refractivity contribution in [2.24, 2.45) is 5.18 Å². The third-order valence-electron chi connectivity index (χ3n) is 2.27. The zero-order valence-corrected chi connectivity index (χ0v) is 9.35. The molecule has 0 aliphatic rings. The normalized spacial score (nSPS) is 10.2. The Labute approximate surface area is 93.0 Å². The van der Waals surface area contributed by atoms with E-state index in [-0.39, 0.29) is 22.9 Å². The predicted molar refractivity (Wildman–Crippen MR) is 59.0 cm³/mol. The van der Waals surface area contributed by atoms with Gasteiger partial charge in [0.1, 0.15) is 17.0 Å². The van der Waals surface area contributed by atoms with Gasteiger partial charge in [-0.25, -0.2) is 4.79 Å². The molecule has 0 atom stereocenters. The Morgan fingerprint density at radius 1 is 1.44 bits per heavy atom. The van der Waals surface area contributed by atoms with Crippen LogP contribution in [-0.4, -0.2) is 18.2 Å². The number of phenolic OH excluding ortho intramolecular Hbond substituents is 1. The molecule has 1 aromatic rings. The lowest BCUT2D eigenvalue weighted by molar-refractivity contribution is 0.0597. The second kappa shape index (κ2) is 4.74. The summed E-state index contributed by atoms with van der Waals surface area (Å²) in [5.41, 5.74) is 0.784. The summed E-state index contributed by atoms with van der Waals surface area (Å²) in [6, 6.07) is 2.61. The number of esters is 1. The maximum atomic E-state index is 11.3. The number of carbonyl (C=O) groups excluding carboxylic acids is 1. The van der Waals surface area contributed by atoms with E-state index in [0.717, 1.165) is 0 Å². The van der Waals surface area contributed by atoms with Gasteiger partial charge in [0.25, 0.3) is 0 Å². The van der Waals surface area contributed by atoms with Crippen LogP contribution in [0.25, 0.3) is 0 Å². The fraction of sp³-hybridized carbons (Fsp3) is 0.364. The van der Waals surface area contributed by atoms with Crippen molar-refractivity contribution < 1.29 is 14.6 Å². The summed E-state index contributed by atoms with van der Waals surface area (Å²) in [4.78, 5) is 21.9. The number of aromatic hydroxyl groups is 1. The van der Waals surface area contributed by atoms with Gasteiger partial charge in [0.05, 0.1) is 7.11 Å². The summed E-state index contributed by atoms with van der Waals surface area (Å²) < 4.78 is 4.52. The molecule has 0 spiro atoms. The first-order valence-corrected chi connectivity index (χ1v) is 4.79. The average molecular weight is 223 g/mol. The van der Waals surface area contributed by atoms with E-state index in [1.54, 1.807) is 0 Å². The molecule has 0 unspecified atom stereocenters. The summed E-state index contributed by atoms with van der Waals surface area (Å²) >= 11 is 0. The number of phenols is 1. The van der Waals surface area contributed by atoms with Crippen LogP contribution in [0.15, 0.2) is 17.3 Å². The van der Waals surface area contributed by atoms with Gasteiger partial charge < -0.3 is 9.84 Å². The molecule has 0 heterocycles. The number of benzene rings is 1. The van der Waals surface area contributed by atoms with Crippen LogP contribution < -0.4 is 0 Å². The van der Waals surface area contributed by atoms with Gasteiger partial charge in [-0.1, -0.05) is 13.8 Å². The lowest BCUT2D eigenvalue weighted by Crippen LogP contribution is -2.03. The van der Waals surface area contributed by atoms with Crippen molar-refractivity contribution in [1.82, 2.24) is 0 Å². The van der Waals surface area contributed by atoms with Crippen molar-refractivity contribution in [1.29, 1.82) is 0 Å². The van der Waals surface area contributed by atoms with Gasteiger partial charge >= 0.3 is 5.97 Å². The molecule has 1 rings (SSSR count). The third kappa shape index (κ3) is 2.18. The highest BCUT2D eigenvalue weighted by Gasteiger charge is 2.17. The van der Waals surface area contributed by atoms with Crippen molar-refractivity contribution in [3.63, 3.8) is 0 Å². The van der Waals surface area contributed by atoms with E-state index in [4.69, 9.17) is 0 Å². The first-order chi connectivity index (χ1) is 7.51. The minimum atomic E-state index is -0.642. The molecule has 0 aromatic heterocycles. The van der Waals surface area contributed by atoms with Crippen LogP contribution in [-0.2, 0) is 4.74 Å². The van der Waals surface area contributed by atoms with Gasteiger partial charge in [-0.2, -0.15) is 0 Å². The van der Waals surface area contributed by atoms with Crippen molar-refractivity contribution in [3.05, 3.63) is 28.2 Å². The quantitative estimate of drug-likeness (QED) is 0.631. The van der Waals surface area contributed by atoms with E-state index in [9.17, 15) is 14.8 Å². The van der Waals surface area contributed by atoms with E-state index in [0.29, 0.717) is 5.56 Å². The van der Waals surface area contributed by atoms with E-state index >= 15 is 0 Å². The van der Waals surface area contributed by atoms with Gasteiger partial charge in [0.2, 0.25) is 0 Å². The largest absolute Gasteiger partial charge is 0.507 e. The maximum absolute atomic E-state index is 11.3. The fourth-order valence-electron chi connectivity index (χ4n) is 1.41. The minimum absolute atomic E-state index is 0.0247. The number of hydrogen-bond acceptors (Lipinski definition) is 5. The van der Waals surface area contributed by atoms with Gasteiger partial charge in [-0.3, -0.25) is 0 Å². The Balaban J connectivity index is 3.38. The Kier molecular flexibility index (Phi) is 3.60. The molecule has 5 nitrogen and oxygen atoms in total. The number of carbonyl (C=O) groups is 1. The number of nitroso groups, excluding NO2 is 1. The van der Waals surface area contributed by atoms with Gasteiger partial charge in [-0.05, 0) is 22.7 Å². The highest BCUT2D eigenvalue weighted by molar-refractivity contribution is 5.93. The lowest BCUT2D eigenvalue weighted by atomic mass is 9.98. The molecule has 0 saturated heterocycles. The fourth-order valence-corrected chi connectivity index (χ4v) is 1.41. The summed E-state index contributed by atoms with van der Waals surface area (Å²) in [6.07, 6.45) is 0. The van der Waals surface area contributed by atoms with E-state index in [1.807, 2.05) is 13.8 Å². The number of rotatable bonds is 3. The van der Waals surface area contributed by atoms with Crippen molar-refractivity contribution >= 4 is 11.7 Å². The van der Waals surface area contributed by atoms with Gasteiger partial charge in [0.15, 0.2) is 0 Å². The molecule has 0 fully saturated rings. The highest BCUT2D eigenvalue weighted by Crippen LogP contribution is 2.33. The van der Waals surface area contributed by atoms with Crippen molar-refractivity contribution in [2.75, 3.05) is 7.11 Å². The Morgan fingerprint density at radius 3 is 2.50 bits per heavy atom. The Bertz CT molecular complexity index is 426. The third-order valence-corrected chi connectivity index (χ3v) is 2.27. The molecule has 0 radical (unpaired) electrons. The second-order valence-corrected chi connectivity index (χ2v) is 3.67. The standard InChI is InChI=1S/C11H13NO4/c1-6(2)7-4-8(11(14)16-3)10(13)5-9(7)12-15/h4-6,13H,1-3H3. The van der Waals surface area contributed by atoms with Crippen LogP contribution in [0.3, 0.4) is 0 Å². The molecule has 0 aliphatic heterocycles. The summed E-state index contributed by atoms with van der Waals surface area (Å²) in [6.45, 7) is 3.73. The number of hydrogen-bond donors (Lipinski definition) is 1. The van der Waals surface area contributed by atoms with Crippen molar-refractivity contribution in [2.45, 2.75) is 19.8 Å². The highest BCUT2D eigenvalue weighted by atomic mass is 16.5. The van der Waals surface area contributed by atoms with Crippen LogP contribution in [0.4, 0.5) is 5.69 Å². The molecule has 1 N–H and O–H groups in total. The molecule has 0 aliphatic carbocycles. The lowest BCUT2D eigenvalue weighted by Gasteiger charge is -2.10. The van der Waals surface area contributed by atoms with E-state index in [2.05, 4.69) is 9.91 Å².